The molecule has 1 saturated carbocycles. The fourth-order valence-electron chi connectivity index (χ4n) is 5.01. The monoisotopic (exact) mass is 445 g/mol. The van der Waals surface area contributed by atoms with Crippen molar-refractivity contribution >= 4 is 35.0 Å². The molecule has 0 aromatic carbocycles. The highest BCUT2D eigenvalue weighted by Crippen LogP contribution is 2.46. The number of hydrogen-bond acceptors (Lipinski definition) is 6. The van der Waals surface area contributed by atoms with Crippen molar-refractivity contribution in [3.05, 3.63) is 23.6 Å². The van der Waals surface area contributed by atoms with Gasteiger partial charge in [0.1, 0.15) is 5.02 Å². The largest absolute Gasteiger partial charge is 0.355 e. The quantitative estimate of drug-likeness (QED) is 0.749. The van der Waals surface area contributed by atoms with Crippen LogP contribution in [0.3, 0.4) is 0 Å². The molecule has 1 saturated heterocycles. The van der Waals surface area contributed by atoms with Gasteiger partial charge in [-0.25, -0.2) is 4.98 Å². The highest BCUT2D eigenvalue weighted by Gasteiger charge is 2.39. The summed E-state index contributed by atoms with van der Waals surface area (Å²) < 4.78 is 1.73. The molecule has 0 bridgehead atoms. The zero-order valence-corrected chi connectivity index (χ0v) is 19.4. The molecule has 8 nitrogen and oxygen atoms in total. The first-order chi connectivity index (χ1) is 14.9. The van der Waals surface area contributed by atoms with Crippen LogP contribution in [0.5, 0.6) is 0 Å². The smallest absolute Gasteiger partial charge is 0.229 e. The number of piperidine rings is 1. The third kappa shape index (κ3) is 4.79. The number of halogens is 1. The first-order valence-corrected chi connectivity index (χ1v) is 11.6. The average Bonchev–Trinajstić information content (AvgIpc) is 3.19. The van der Waals surface area contributed by atoms with Crippen molar-refractivity contribution in [2.75, 3.05) is 30.4 Å². The summed E-state index contributed by atoms with van der Waals surface area (Å²) in [6.45, 7) is 3.77. The average molecular weight is 446 g/mol. The third-order valence-corrected chi connectivity index (χ3v) is 7.33. The van der Waals surface area contributed by atoms with E-state index in [4.69, 9.17) is 11.6 Å². The minimum absolute atomic E-state index is 0.289. The molecule has 2 aromatic rings. The summed E-state index contributed by atoms with van der Waals surface area (Å²) >= 11 is 6.47. The molecule has 0 unspecified atom stereocenters. The fraction of sp³-hybridized carbons (Fsp3) is 0.636. The van der Waals surface area contributed by atoms with Crippen molar-refractivity contribution in [1.29, 1.82) is 0 Å². The maximum atomic E-state index is 12.0. The number of carbonyl (C=O) groups is 1. The molecule has 2 fully saturated rings. The Morgan fingerprint density at radius 1 is 1.26 bits per heavy atom. The lowest BCUT2D eigenvalue weighted by Gasteiger charge is -2.47. The Bertz CT molecular complexity index is 912. The van der Waals surface area contributed by atoms with Crippen molar-refractivity contribution in [2.45, 2.75) is 57.9 Å². The van der Waals surface area contributed by atoms with Gasteiger partial charge in [0.05, 0.1) is 18.1 Å². The number of amides is 1. The molecule has 9 heteroatoms. The maximum absolute atomic E-state index is 12.0. The number of carbonyl (C=O) groups excluding carboxylic acids is 1. The summed E-state index contributed by atoms with van der Waals surface area (Å²) in [5, 5.41) is 7.92. The summed E-state index contributed by atoms with van der Waals surface area (Å²) in [6.07, 6.45) is 12.8. The molecule has 4 rings (SSSR count). The Morgan fingerprint density at radius 3 is 2.58 bits per heavy atom. The second-order valence-electron chi connectivity index (χ2n) is 8.97. The predicted octanol–water partition coefficient (Wildman–Crippen LogP) is 4.00. The van der Waals surface area contributed by atoms with Crippen LogP contribution in [0.4, 0.5) is 17.5 Å². The van der Waals surface area contributed by atoms with Gasteiger partial charge in [0.2, 0.25) is 11.9 Å². The molecule has 0 radical (unpaired) electrons. The van der Waals surface area contributed by atoms with Crippen molar-refractivity contribution in [3.8, 4) is 0 Å². The Hall–Kier alpha value is -2.35. The predicted molar refractivity (Wildman–Crippen MR) is 123 cm³/mol. The summed E-state index contributed by atoms with van der Waals surface area (Å²) in [5.41, 5.74) is 1.23. The molecule has 3 heterocycles. The van der Waals surface area contributed by atoms with E-state index in [9.17, 15) is 4.79 Å². The summed E-state index contributed by atoms with van der Waals surface area (Å²) in [7, 11) is 3.95. The van der Waals surface area contributed by atoms with Gasteiger partial charge in [-0.05, 0) is 43.9 Å². The van der Waals surface area contributed by atoms with Gasteiger partial charge >= 0.3 is 0 Å². The van der Waals surface area contributed by atoms with Gasteiger partial charge in [-0.1, -0.05) is 18.5 Å². The topological polar surface area (TPSA) is 79.2 Å². The van der Waals surface area contributed by atoms with Crippen LogP contribution in [0.15, 0.2) is 18.6 Å². The van der Waals surface area contributed by atoms with Crippen LogP contribution in [0.25, 0.3) is 0 Å². The van der Waals surface area contributed by atoms with E-state index < -0.39 is 0 Å². The SMILES string of the molecule is CCC(=O)N1CCC2(CCC(N(C)c3nc(Nc4cnn(C)c4)ncc3Cl)CC2)CC1. The summed E-state index contributed by atoms with van der Waals surface area (Å²) in [4.78, 5) is 25.3. The molecule has 1 N–H and O–H groups in total. The molecule has 168 valence electrons. The number of hydrogen-bond donors (Lipinski definition) is 1. The minimum atomic E-state index is 0.289. The number of aryl methyl sites for hydroxylation is 1. The second-order valence-corrected chi connectivity index (χ2v) is 9.38. The lowest BCUT2D eigenvalue weighted by atomic mass is 9.66. The Morgan fingerprint density at radius 2 is 1.97 bits per heavy atom. The lowest BCUT2D eigenvalue weighted by molar-refractivity contribution is -0.133. The van der Waals surface area contributed by atoms with Crippen molar-refractivity contribution < 1.29 is 4.79 Å². The van der Waals surface area contributed by atoms with E-state index in [2.05, 4.69) is 32.3 Å². The molecule has 2 aliphatic rings. The van der Waals surface area contributed by atoms with E-state index in [1.165, 1.54) is 12.8 Å². The highest BCUT2D eigenvalue weighted by molar-refractivity contribution is 6.32. The van der Waals surface area contributed by atoms with Crippen LogP contribution in [0, 0.1) is 5.41 Å². The number of nitrogens with one attached hydrogen (secondary N) is 1. The van der Waals surface area contributed by atoms with Crippen LogP contribution >= 0.6 is 11.6 Å². The van der Waals surface area contributed by atoms with Crippen LogP contribution in [0.1, 0.15) is 51.9 Å². The molecule has 1 aliphatic carbocycles. The van der Waals surface area contributed by atoms with Crippen LogP contribution < -0.4 is 10.2 Å². The van der Waals surface area contributed by atoms with Gasteiger partial charge in [-0.3, -0.25) is 9.48 Å². The van der Waals surface area contributed by atoms with Gasteiger partial charge in [0, 0.05) is 45.8 Å². The minimum Gasteiger partial charge on any atom is -0.355 e. The standard InChI is InChI=1S/C22H32ClN7O/c1-4-19(31)30-11-9-22(10-12-30)7-5-17(6-8-22)29(3)20-18(23)14-24-21(27-20)26-16-13-25-28(2)15-16/h13-15,17H,4-12H2,1-3H3,(H,24,26,27). The highest BCUT2D eigenvalue weighted by atomic mass is 35.5. The van der Waals surface area contributed by atoms with Crippen molar-refractivity contribution in [2.24, 2.45) is 12.5 Å². The Labute approximate surface area is 189 Å². The second kappa shape index (κ2) is 9.02. The first-order valence-electron chi connectivity index (χ1n) is 11.2. The Balaban J connectivity index is 1.38. The van der Waals surface area contributed by atoms with E-state index in [1.54, 1.807) is 17.1 Å². The molecular weight excluding hydrogens is 414 g/mol. The zero-order valence-electron chi connectivity index (χ0n) is 18.6. The van der Waals surface area contributed by atoms with Gasteiger partial charge in [0.25, 0.3) is 0 Å². The van der Waals surface area contributed by atoms with Crippen molar-refractivity contribution in [1.82, 2.24) is 24.6 Å². The molecule has 1 amide bonds. The fourth-order valence-corrected chi connectivity index (χ4v) is 5.23. The van der Waals surface area contributed by atoms with Gasteiger partial charge in [0.15, 0.2) is 5.82 Å². The molecule has 0 atom stereocenters. The van der Waals surface area contributed by atoms with Gasteiger partial charge in [-0.2, -0.15) is 10.1 Å². The summed E-state index contributed by atoms with van der Waals surface area (Å²) in [6, 6.07) is 0.402. The first kappa shape index (κ1) is 21.9. The number of anilines is 3. The van der Waals surface area contributed by atoms with E-state index in [0.717, 1.165) is 50.3 Å². The number of nitrogens with zero attached hydrogens (tertiary/aromatic N) is 6. The number of rotatable bonds is 5. The summed E-state index contributed by atoms with van der Waals surface area (Å²) in [5.74, 6) is 1.56. The zero-order chi connectivity index (χ0) is 22.0. The molecule has 1 spiro atoms. The lowest BCUT2D eigenvalue weighted by Crippen LogP contribution is -2.46. The van der Waals surface area contributed by atoms with Gasteiger partial charge in [-0.15, -0.1) is 0 Å². The molecule has 2 aromatic heterocycles. The molecule has 31 heavy (non-hydrogen) atoms. The molecule has 1 aliphatic heterocycles. The van der Waals surface area contributed by atoms with Crippen LogP contribution in [-0.2, 0) is 11.8 Å². The normalized spacial score (nSPS) is 18.9. The van der Waals surface area contributed by atoms with Crippen LogP contribution in [-0.4, -0.2) is 56.7 Å². The number of aromatic nitrogens is 4. The Kier molecular flexibility index (Phi) is 6.36. The van der Waals surface area contributed by atoms with E-state index >= 15 is 0 Å². The van der Waals surface area contributed by atoms with E-state index in [0.29, 0.717) is 28.8 Å². The maximum Gasteiger partial charge on any atom is 0.229 e. The van der Waals surface area contributed by atoms with Crippen molar-refractivity contribution in [3.63, 3.8) is 0 Å². The van der Waals surface area contributed by atoms with Crippen LogP contribution in [0.2, 0.25) is 5.02 Å². The molecular formula is C22H32ClN7O. The third-order valence-electron chi connectivity index (χ3n) is 7.06. The van der Waals surface area contributed by atoms with E-state index in [1.807, 2.05) is 25.1 Å². The van der Waals surface area contributed by atoms with Gasteiger partial charge < -0.3 is 15.1 Å². The van der Waals surface area contributed by atoms with E-state index in [-0.39, 0.29) is 5.91 Å². The number of likely N-dealkylation sites (tertiary alicyclic amines) is 1.